The van der Waals surface area contributed by atoms with E-state index in [0.29, 0.717) is 10.9 Å². The van der Waals surface area contributed by atoms with Crippen LogP contribution in [0.15, 0.2) is 34.4 Å². The number of nitrogens with two attached hydrogens (primary N) is 1. The Bertz CT molecular complexity index is 555. The third kappa shape index (κ3) is 3.55. The molecule has 7 heteroatoms. The smallest absolute Gasteiger partial charge is 0.324 e. The first-order valence-electron chi connectivity index (χ1n) is 5.37. The van der Waals surface area contributed by atoms with E-state index in [0.717, 1.165) is 10.9 Å². The summed E-state index contributed by atoms with van der Waals surface area (Å²) >= 11 is 4.43. The van der Waals surface area contributed by atoms with E-state index < -0.39 is 17.8 Å². The van der Waals surface area contributed by atoms with E-state index in [9.17, 15) is 13.2 Å². The van der Waals surface area contributed by atoms with Crippen LogP contribution in [-0.4, -0.2) is 4.98 Å². The van der Waals surface area contributed by atoms with E-state index in [1.807, 2.05) is 0 Å². The summed E-state index contributed by atoms with van der Waals surface area (Å²) in [4.78, 5) is 4.75. The second-order valence-corrected chi connectivity index (χ2v) is 5.89. The standard InChI is InChI=1S/C12H10BrF3N2S/c13-7-1-2-9(10(3-7)12(14,15)16)11(17)4-8-5-18-6-19-8/h1-3,5-6,11H,4,17H2. The van der Waals surface area contributed by atoms with Gasteiger partial charge in [-0.1, -0.05) is 22.0 Å². The summed E-state index contributed by atoms with van der Waals surface area (Å²) in [5, 5.41) is 0. The third-order valence-corrected chi connectivity index (χ3v) is 3.92. The predicted octanol–water partition coefficient (Wildman–Crippen LogP) is 4.17. The van der Waals surface area contributed by atoms with Crippen LogP contribution in [0.5, 0.6) is 0 Å². The second-order valence-electron chi connectivity index (χ2n) is 4.01. The predicted molar refractivity (Wildman–Crippen MR) is 71.9 cm³/mol. The number of aromatic nitrogens is 1. The zero-order chi connectivity index (χ0) is 14.0. The topological polar surface area (TPSA) is 38.9 Å². The number of rotatable bonds is 3. The van der Waals surface area contributed by atoms with Crippen molar-refractivity contribution in [1.82, 2.24) is 4.98 Å². The first kappa shape index (κ1) is 14.5. The molecule has 0 amide bonds. The summed E-state index contributed by atoms with van der Waals surface area (Å²) in [7, 11) is 0. The molecule has 1 atom stereocenters. The molecule has 1 aromatic heterocycles. The molecule has 2 rings (SSSR count). The Kier molecular flexibility index (Phi) is 4.27. The maximum absolute atomic E-state index is 13.0. The highest BCUT2D eigenvalue weighted by molar-refractivity contribution is 9.10. The molecule has 0 saturated carbocycles. The monoisotopic (exact) mass is 350 g/mol. The Morgan fingerprint density at radius 3 is 2.68 bits per heavy atom. The van der Waals surface area contributed by atoms with E-state index in [1.165, 1.54) is 17.4 Å². The number of hydrogen-bond donors (Lipinski definition) is 1. The fourth-order valence-electron chi connectivity index (χ4n) is 1.77. The summed E-state index contributed by atoms with van der Waals surface area (Å²) in [6, 6.07) is 3.34. The van der Waals surface area contributed by atoms with Crippen LogP contribution in [0.1, 0.15) is 22.0 Å². The lowest BCUT2D eigenvalue weighted by atomic mass is 9.98. The minimum atomic E-state index is -4.41. The molecular formula is C12H10BrF3N2S. The van der Waals surface area contributed by atoms with Crippen LogP contribution in [0.2, 0.25) is 0 Å². The number of benzene rings is 1. The number of thiazole rings is 1. The van der Waals surface area contributed by atoms with Crippen LogP contribution in [-0.2, 0) is 12.6 Å². The molecule has 1 aromatic carbocycles. The fourth-order valence-corrected chi connectivity index (χ4v) is 2.78. The molecule has 2 N–H and O–H groups in total. The molecule has 2 nitrogen and oxygen atoms in total. The van der Waals surface area contributed by atoms with Gasteiger partial charge >= 0.3 is 6.18 Å². The maximum atomic E-state index is 13.0. The van der Waals surface area contributed by atoms with Crippen LogP contribution in [0, 0.1) is 0 Å². The first-order chi connectivity index (χ1) is 8.88. The molecule has 19 heavy (non-hydrogen) atoms. The van der Waals surface area contributed by atoms with Crippen LogP contribution >= 0.6 is 27.3 Å². The Labute approximate surface area is 120 Å². The van der Waals surface area contributed by atoms with E-state index in [4.69, 9.17) is 5.73 Å². The zero-order valence-corrected chi connectivity index (χ0v) is 12.0. The molecule has 0 spiro atoms. The van der Waals surface area contributed by atoms with Gasteiger partial charge in [-0.2, -0.15) is 13.2 Å². The van der Waals surface area contributed by atoms with Crippen molar-refractivity contribution in [2.75, 3.05) is 0 Å². The van der Waals surface area contributed by atoms with E-state index in [2.05, 4.69) is 20.9 Å². The maximum Gasteiger partial charge on any atom is 0.416 e. The van der Waals surface area contributed by atoms with Gasteiger partial charge in [-0.15, -0.1) is 11.3 Å². The normalized spacial score (nSPS) is 13.5. The Morgan fingerprint density at radius 2 is 2.11 bits per heavy atom. The molecule has 0 saturated heterocycles. The van der Waals surface area contributed by atoms with Crippen LogP contribution in [0.3, 0.4) is 0 Å². The summed E-state index contributed by atoms with van der Waals surface area (Å²) < 4.78 is 39.3. The highest BCUT2D eigenvalue weighted by Crippen LogP contribution is 2.36. The Hall–Kier alpha value is -0.920. The second kappa shape index (κ2) is 5.60. The highest BCUT2D eigenvalue weighted by atomic mass is 79.9. The summed E-state index contributed by atoms with van der Waals surface area (Å²) in [5.74, 6) is 0. The Morgan fingerprint density at radius 1 is 1.37 bits per heavy atom. The molecule has 0 radical (unpaired) electrons. The average molecular weight is 351 g/mol. The highest BCUT2D eigenvalue weighted by Gasteiger charge is 2.34. The van der Waals surface area contributed by atoms with Crippen LogP contribution in [0.4, 0.5) is 13.2 Å². The van der Waals surface area contributed by atoms with Crippen molar-refractivity contribution < 1.29 is 13.2 Å². The van der Waals surface area contributed by atoms with Gasteiger partial charge in [0.1, 0.15) is 0 Å². The minimum Gasteiger partial charge on any atom is -0.324 e. The van der Waals surface area contributed by atoms with Crippen molar-refractivity contribution in [3.8, 4) is 0 Å². The van der Waals surface area contributed by atoms with Crippen molar-refractivity contribution in [3.63, 3.8) is 0 Å². The minimum absolute atomic E-state index is 0.101. The number of hydrogen-bond acceptors (Lipinski definition) is 3. The quantitative estimate of drug-likeness (QED) is 0.902. The molecule has 0 fully saturated rings. The van der Waals surface area contributed by atoms with Gasteiger partial charge in [-0.3, -0.25) is 4.98 Å². The van der Waals surface area contributed by atoms with Crippen molar-refractivity contribution in [3.05, 3.63) is 50.4 Å². The molecule has 0 aliphatic heterocycles. The van der Waals surface area contributed by atoms with Crippen molar-refractivity contribution >= 4 is 27.3 Å². The van der Waals surface area contributed by atoms with Gasteiger partial charge in [-0.25, -0.2) is 0 Å². The van der Waals surface area contributed by atoms with E-state index in [1.54, 1.807) is 17.8 Å². The van der Waals surface area contributed by atoms with Gasteiger partial charge in [0, 0.05) is 28.0 Å². The SMILES string of the molecule is NC(Cc1cncs1)c1ccc(Br)cc1C(F)(F)F. The first-order valence-corrected chi connectivity index (χ1v) is 7.05. The largest absolute Gasteiger partial charge is 0.416 e. The lowest BCUT2D eigenvalue weighted by molar-refractivity contribution is -0.138. The van der Waals surface area contributed by atoms with Gasteiger partial charge in [0.05, 0.1) is 11.1 Å². The molecule has 1 heterocycles. The molecular weight excluding hydrogens is 341 g/mol. The Balaban J connectivity index is 2.33. The average Bonchev–Trinajstić information content (AvgIpc) is 2.80. The van der Waals surface area contributed by atoms with Gasteiger partial charge < -0.3 is 5.73 Å². The van der Waals surface area contributed by atoms with Gasteiger partial charge in [-0.05, 0) is 17.7 Å². The van der Waals surface area contributed by atoms with Crippen LogP contribution in [0.25, 0.3) is 0 Å². The van der Waals surface area contributed by atoms with Crippen molar-refractivity contribution in [2.24, 2.45) is 5.73 Å². The fraction of sp³-hybridized carbons (Fsp3) is 0.250. The van der Waals surface area contributed by atoms with E-state index in [-0.39, 0.29) is 5.56 Å². The zero-order valence-electron chi connectivity index (χ0n) is 9.62. The number of alkyl halides is 3. The van der Waals surface area contributed by atoms with E-state index >= 15 is 0 Å². The summed E-state index contributed by atoms with van der Waals surface area (Å²) in [5.41, 5.74) is 6.94. The lowest BCUT2D eigenvalue weighted by Gasteiger charge is -2.18. The molecule has 0 aliphatic rings. The summed E-state index contributed by atoms with van der Waals surface area (Å²) in [6.45, 7) is 0. The number of halogens is 4. The van der Waals surface area contributed by atoms with Gasteiger partial charge in [0.2, 0.25) is 0 Å². The molecule has 2 aromatic rings. The molecule has 102 valence electrons. The van der Waals surface area contributed by atoms with Gasteiger partial charge in [0.25, 0.3) is 0 Å². The van der Waals surface area contributed by atoms with Crippen molar-refractivity contribution in [2.45, 2.75) is 18.6 Å². The summed E-state index contributed by atoms with van der Waals surface area (Å²) in [6.07, 6.45) is -2.45. The third-order valence-electron chi connectivity index (χ3n) is 2.62. The van der Waals surface area contributed by atoms with Crippen LogP contribution < -0.4 is 5.73 Å². The number of nitrogens with zero attached hydrogens (tertiary/aromatic N) is 1. The molecule has 0 aliphatic carbocycles. The molecule has 0 bridgehead atoms. The van der Waals surface area contributed by atoms with Gasteiger partial charge in [0.15, 0.2) is 0 Å². The lowest BCUT2D eigenvalue weighted by Crippen LogP contribution is -2.19. The van der Waals surface area contributed by atoms with Crippen molar-refractivity contribution in [1.29, 1.82) is 0 Å². The molecule has 1 unspecified atom stereocenters.